The number of nitrogens with one attached hydrogen (secondary N) is 2. The molecule has 130 valence electrons. The lowest BCUT2D eigenvalue weighted by Crippen LogP contribution is -2.46. The van der Waals surface area contributed by atoms with Crippen LogP contribution in [-0.4, -0.2) is 55.8 Å². The molecule has 24 heavy (non-hydrogen) atoms. The average molecular weight is 366 g/mol. The van der Waals surface area contributed by atoms with Gasteiger partial charge < -0.3 is 10.6 Å². The van der Waals surface area contributed by atoms with Crippen LogP contribution in [0.25, 0.3) is 10.8 Å². The van der Waals surface area contributed by atoms with Gasteiger partial charge in [0.05, 0.1) is 5.75 Å². The third-order valence-electron chi connectivity index (χ3n) is 4.05. The summed E-state index contributed by atoms with van der Waals surface area (Å²) >= 11 is 1.59. The van der Waals surface area contributed by atoms with Crippen molar-refractivity contribution < 1.29 is 4.79 Å². The zero-order valence-corrected chi connectivity index (χ0v) is 15.3. The lowest BCUT2D eigenvalue weighted by molar-refractivity contribution is -0.118. The maximum atomic E-state index is 12.0. The molecule has 4 nitrogen and oxygen atoms in total. The van der Waals surface area contributed by atoms with Gasteiger partial charge in [0.2, 0.25) is 5.91 Å². The average Bonchev–Trinajstić information content (AvgIpc) is 2.61. The topological polar surface area (TPSA) is 44.4 Å². The van der Waals surface area contributed by atoms with Gasteiger partial charge in [0, 0.05) is 44.2 Å². The van der Waals surface area contributed by atoms with E-state index in [4.69, 9.17) is 0 Å². The number of carbonyl (C=O) groups is 1. The Morgan fingerprint density at radius 1 is 1.12 bits per heavy atom. The predicted octanol–water partition coefficient (Wildman–Crippen LogP) is 2.38. The van der Waals surface area contributed by atoms with Gasteiger partial charge in [-0.2, -0.15) is 0 Å². The van der Waals surface area contributed by atoms with E-state index in [0.717, 1.165) is 44.2 Å². The Kier molecular flexibility index (Phi) is 7.85. The summed E-state index contributed by atoms with van der Waals surface area (Å²) in [6, 6.07) is 14.6. The molecule has 0 spiro atoms. The molecule has 1 aliphatic rings. The smallest absolute Gasteiger partial charge is 0.230 e. The van der Waals surface area contributed by atoms with Crippen LogP contribution in [-0.2, 0) is 4.79 Å². The number of hydrogen-bond donors (Lipinski definition) is 2. The maximum absolute atomic E-state index is 12.0. The summed E-state index contributed by atoms with van der Waals surface area (Å²) in [5, 5.41) is 8.80. The number of fused-ring (bicyclic) bond motifs is 1. The molecule has 1 amide bonds. The Hall–Kier alpha value is -1.27. The van der Waals surface area contributed by atoms with Crippen molar-refractivity contribution >= 4 is 40.8 Å². The Labute approximate surface area is 153 Å². The van der Waals surface area contributed by atoms with Crippen LogP contribution in [0.3, 0.4) is 0 Å². The van der Waals surface area contributed by atoms with Gasteiger partial charge >= 0.3 is 0 Å². The second-order valence-corrected chi connectivity index (χ2v) is 6.79. The number of amides is 1. The van der Waals surface area contributed by atoms with Crippen molar-refractivity contribution in [2.75, 3.05) is 45.0 Å². The van der Waals surface area contributed by atoms with Crippen molar-refractivity contribution in [3.05, 3.63) is 42.5 Å². The highest BCUT2D eigenvalue weighted by molar-refractivity contribution is 8.00. The number of thioether (sulfide) groups is 1. The molecule has 1 fully saturated rings. The summed E-state index contributed by atoms with van der Waals surface area (Å²) in [6.07, 6.45) is 0. The Bertz CT molecular complexity index is 662. The third-order valence-corrected chi connectivity index (χ3v) is 5.04. The molecule has 0 saturated carbocycles. The molecule has 2 aromatic rings. The fourth-order valence-corrected chi connectivity index (χ4v) is 3.52. The molecule has 2 aromatic carbocycles. The van der Waals surface area contributed by atoms with Gasteiger partial charge in [-0.25, -0.2) is 0 Å². The van der Waals surface area contributed by atoms with E-state index >= 15 is 0 Å². The minimum Gasteiger partial charge on any atom is -0.354 e. The number of halogens is 1. The van der Waals surface area contributed by atoms with E-state index in [0.29, 0.717) is 5.75 Å². The highest BCUT2D eigenvalue weighted by atomic mass is 35.5. The van der Waals surface area contributed by atoms with Crippen LogP contribution in [0.4, 0.5) is 0 Å². The van der Waals surface area contributed by atoms with E-state index in [-0.39, 0.29) is 18.3 Å². The highest BCUT2D eigenvalue weighted by Gasteiger charge is 2.09. The van der Waals surface area contributed by atoms with Crippen molar-refractivity contribution in [3.8, 4) is 0 Å². The van der Waals surface area contributed by atoms with E-state index in [2.05, 4.69) is 45.9 Å². The van der Waals surface area contributed by atoms with E-state index in [1.54, 1.807) is 11.8 Å². The number of benzene rings is 2. The summed E-state index contributed by atoms with van der Waals surface area (Å²) in [7, 11) is 0. The Balaban J connectivity index is 0.00000208. The van der Waals surface area contributed by atoms with Crippen LogP contribution < -0.4 is 10.6 Å². The number of rotatable bonds is 6. The van der Waals surface area contributed by atoms with Crippen LogP contribution in [0, 0.1) is 0 Å². The van der Waals surface area contributed by atoms with Crippen LogP contribution in [0.1, 0.15) is 0 Å². The minimum atomic E-state index is 0. The van der Waals surface area contributed by atoms with E-state index in [1.165, 1.54) is 10.8 Å². The first-order chi connectivity index (χ1) is 11.3. The first-order valence-electron chi connectivity index (χ1n) is 8.13. The standard InChI is InChI=1S/C18H23N3OS.ClH/c22-18(20-9-12-21-10-7-19-8-11-21)14-23-17-6-5-15-3-1-2-4-16(15)13-17;/h1-6,13,19H,7-12,14H2,(H,20,22);1H. The molecule has 0 aromatic heterocycles. The van der Waals surface area contributed by atoms with Crippen molar-refractivity contribution in [3.63, 3.8) is 0 Å². The van der Waals surface area contributed by atoms with Crippen LogP contribution in [0.15, 0.2) is 47.4 Å². The monoisotopic (exact) mass is 365 g/mol. The van der Waals surface area contributed by atoms with Gasteiger partial charge in [-0.05, 0) is 22.9 Å². The first-order valence-corrected chi connectivity index (χ1v) is 9.11. The van der Waals surface area contributed by atoms with E-state index in [1.807, 2.05) is 12.1 Å². The lowest BCUT2D eigenvalue weighted by Gasteiger charge is -2.27. The SMILES string of the molecule is Cl.O=C(CSc1ccc2ccccc2c1)NCCN1CCNCC1. The van der Waals surface area contributed by atoms with Crippen LogP contribution in [0.2, 0.25) is 0 Å². The summed E-state index contributed by atoms with van der Waals surface area (Å²) in [4.78, 5) is 15.5. The van der Waals surface area contributed by atoms with Crippen molar-refractivity contribution in [2.24, 2.45) is 0 Å². The van der Waals surface area contributed by atoms with Crippen LogP contribution in [0.5, 0.6) is 0 Å². The number of piperazine rings is 1. The fourth-order valence-electron chi connectivity index (χ4n) is 2.75. The minimum absolute atomic E-state index is 0. The number of nitrogens with zero attached hydrogens (tertiary/aromatic N) is 1. The fraction of sp³-hybridized carbons (Fsp3) is 0.389. The number of carbonyl (C=O) groups excluding carboxylic acids is 1. The Morgan fingerprint density at radius 3 is 2.67 bits per heavy atom. The first kappa shape index (κ1) is 19.1. The quantitative estimate of drug-likeness (QED) is 0.771. The highest BCUT2D eigenvalue weighted by Crippen LogP contribution is 2.23. The summed E-state index contributed by atoms with van der Waals surface area (Å²) < 4.78 is 0. The second kappa shape index (κ2) is 9.89. The molecular formula is C18H24ClN3OS. The van der Waals surface area contributed by atoms with Crippen molar-refractivity contribution in [2.45, 2.75) is 4.90 Å². The molecule has 1 saturated heterocycles. The largest absolute Gasteiger partial charge is 0.354 e. The molecule has 0 atom stereocenters. The zero-order chi connectivity index (χ0) is 15.9. The molecule has 0 bridgehead atoms. The summed E-state index contributed by atoms with van der Waals surface area (Å²) in [5.41, 5.74) is 0. The third kappa shape index (κ3) is 5.67. The molecule has 0 aliphatic carbocycles. The van der Waals surface area contributed by atoms with E-state index in [9.17, 15) is 4.79 Å². The van der Waals surface area contributed by atoms with Gasteiger partial charge in [0.25, 0.3) is 0 Å². The molecule has 1 heterocycles. The van der Waals surface area contributed by atoms with Crippen LogP contribution >= 0.6 is 24.2 Å². The summed E-state index contributed by atoms with van der Waals surface area (Å²) in [6.45, 7) is 5.91. The lowest BCUT2D eigenvalue weighted by atomic mass is 10.1. The molecule has 2 N–H and O–H groups in total. The molecule has 6 heteroatoms. The van der Waals surface area contributed by atoms with Gasteiger partial charge in [-0.15, -0.1) is 24.2 Å². The second-order valence-electron chi connectivity index (χ2n) is 5.74. The van der Waals surface area contributed by atoms with Gasteiger partial charge in [-0.3, -0.25) is 9.69 Å². The zero-order valence-electron chi connectivity index (χ0n) is 13.7. The van der Waals surface area contributed by atoms with Crippen molar-refractivity contribution in [1.82, 2.24) is 15.5 Å². The predicted molar refractivity (Wildman–Crippen MR) is 104 cm³/mol. The Morgan fingerprint density at radius 2 is 1.88 bits per heavy atom. The van der Waals surface area contributed by atoms with Gasteiger partial charge in [0.15, 0.2) is 0 Å². The molecular weight excluding hydrogens is 342 g/mol. The summed E-state index contributed by atoms with van der Waals surface area (Å²) in [5.74, 6) is 0.582. The van der Waals surface area contributed by atoms with Gasteiger partial charge in [0.1, 0.15) is 0 Å². The molecule has 0 radical (unpaired) electrons. The number of hydrogen-bond acceptors (Lipinski definition) is 4. The van der Waals surface area contributed by atoms with Gasteiger partial charge in [-0.1, -0.05) is 30.3 Å². The molecule has 3 rings (SSSR count). The normalized spacial score (nSPS) is 15.0. The maximum Gasteiger partial charge on any atom is 0.230 e. The van der Waals surface area contributed by atoms with Crippen molar-refractivity contribution in [1.29, 1.82) is 0 Å². The molecule has 1 aliphatic heterocycles. The van der Waals surface area contributed by atoms with E-state index < -0.39 is 0 Å². The molecule has 0 unspecified atom stereocenters.